The number of benzene rings is 2. The molecule has 5 atom stereocenters. The molecule has 10 saturated heterocycles. The van der Waals surface area contributed by atoms with Crippen molar-refractivity contribution in [2.75, 3.05) is 0 Å². The van der Waals surface area contributed by atoms with Gasteiger partial charge in [0.25, 0.3) is 0 Å². The van der Waals surface area contributed by atoms with Crippen LogP contribution in [0.15, 0.2) is 54.6 Å². The van der Waals surface area contributed by atoms with Crippen LogP contribution in [-0.2, 0) is 18.5 Å². The molecule has 0 radical (unpaired) electrons. The maximum absolute atomic E-state index is 13.1. The minimum absolute atomic E-state index is 0.399. The second-order valence-corrected chi connectivity index (χ2v) is 38.8. The van der Waals surface area contributed by atoms with Crippen LogP contribution in [0.5, 0.6) is 0 Å². The Morgan fingerprint density at radius 2 is 1.32 bits per heavy atom. The van der Waals surface area contributed by atoms with Crippen LogP contribution in [-0.4, -0.2) is 5.11 Å². The van der Waals surface area contributed by atoms with E-state index in [9.17, 15) is 5.11 Å². The molecule has 0 aliphatic carbocycles. The van der Waals surface area contributed by atoms with Crippen molar-refractivity contribution < 1.29 is 11.6 Å². The summed E-state index contributed by atoms with van der Waals surface area (Å²) in [5, 5.41) is 13.1. The Morgan fingerprint density at radius 3 is 1.81 bits per heavy atom. The van der Waals surface area contributed by atoms with Crippen molar-refractivity contribution in [2.24, 2.45) is 0 Å². The molecule has 162 valence electrons. The molecule has 2 aromatic carbocycles. The monoisotopic (exact) mass is 452 g/mol. The van der Waals surface area contributed by atoms with Gasteiger partial charge in [-0.25, -0.2) is 0 Å². The number of rotatable bonds is 8. The summed E-state index contributed by atoms with van der Waals surface area (Å²) in [6.45, 7) is -1.21. The molecule has 12 rings (SSSR count). The van der Waals surface area contributed by atoms with Gasteiger partial charge in [0.1, 0.15) is 0 Å². The van der Waals surface area contributed by atoms with Crippen molar-refractivity contribution >= 4 is 0 Å². The van der Waals surface area contributed by atoms with Gasteiger partial charge >= 0.3 is 175 Å². The van der Waals surface area contributed by atoms with Crippen LogP contribution in [0.25, 0.3) is 0 Å². The van der Waals surface area contributed by atoms with Crippen LogP contribution < -0.4 is 0 Å². The first-order chi connectivity index (χ1) is 14.9. The molecule has 10 aliphatic heterocycles. The third-order valence-electron chi connectivity index (χ3n) is 19.1. The van der Waals surface area contributed by atoms with Crippen molar-refractivity contribution in [2.45, 2.75) is 92.3 Å². The van der Waals surface area contributed by atoms with E-state index in [0.717, 1.165) is 9.63 Å². The van der Waals surface area contributed by atoms with E-state index in [2.05, 4.69) is 61.5 Å². The number of hydrogen-bond donors (Lipinski definition) is 1. The molecule has 0 aromatic heterocycles. The Morgan fingerprint density at radius 1 is 0.742 bits per heavy atom. The predicted molar refractivity (Wildman–Crippen MR) is 120 cm³/mol. The van der Waals surface area contributed by atoms with E-state index in [-0.39, 0.29) is 0 Å². The molecule has 10 fully saturated rings. The summed E-state index contributed by atoms with van der Waals surface area (Å²) < 4.78 is 0.399. The minimum atomic E-state index is -3.49. The van der Waals surface area contributed by atoms with Crippen molar-refractivity contribution in [1.82, 2.24) is 0 Å². The summed E-state index contributed by atoms with van der Waals surface area (Å²) in [7, 11) is 0. The summed E-state index contributed by atoms with van der Waals surface area (Å²) in [5.74, 6) is 0. The average Bonchev–Trinajstić information content (AvgIpc) is 3.75. The summed E-state index contributed by atoms with van der Waals surface area (Å²) in [4.78, 5) is 10.8. The van der Waals surface area contributed by atoms with Gasteiger partial charge in [0.2, 0.25) is 0 Å². The van der Waals surface area contributed by atoms with Gasteiger partial charge in [-0.05, 0) is 0 Å². The number of fused-ring (bicyclic) bond motifs is 10. The van der Waals surface area contributed by atoms with E-state index in [1.165, 1.54) is 82.5 Å². The van der Waals surface area contributed by atoms with Gasteiger partial charge < -0.3 is 0 Å². The maximum atomic E-state index is 13.1. The van der Waals surface area contributed by atoms with Crippen molar-refractivity contribution in [3.05, 3.63) is 71.3 Å². The van der Waals surface area contributed by atoms with E-state index in [1.807, 2.05) is 0 Å². The zero-order valence-electron chi connectivity index (χ0n) is 18.2. The zero-order valence-corrected chi connectivity index (χ0v) is 19.3. The van der Waals surface area contributed by atoms with Gasteiger partial charge in [-0.2, -0.15) is 0 Å². The predicted octanol–water partition coefficient (Wildman–Crippen LogP) is 7.80. The first-order valence-corrected chi connectivity index (χ1v) is 19.3. The number of aryl methyl sites for hydroxylation is 1. The molecule has 1 spiro atoms. The fourth-order valence-corrected chi connectivity index (χ4v) is 95.0. The Kier molecular flexibility index (Phi) is 0.969. The fourth-order valence-electron chi connectivity index (χ4n) is 20.1. The van der Waals surface area contributed by atoms with Gasteiger partial charge in [-0.3, -0.25) is 0 Å². The molecule has 10 heterocycles. The van der Waals surface area contributed by atoms with Crippen molar-refractivity contribution in [3.8, 4) is 0 Å². The summed E-state index contributed by atoms with van der Waals surface area (Å²) in [6, 6.07) is 20.4. The van der Waals surface area contributed by atoms with Gasteiger partial charge in [-0.1, -0.05) is 0 Å². The van der Waals surface area contributed by atoms with E-state index in [0.29, 0.717) is 4.31 Å². The molecule has 1 N–H and O–H groups in total. The van der Waals surface area contributed by atoms with Crippen molar-refractivity contribution in [1.29, 1.82) is 0 Å². The molecule has 31 heavy (non-hydrogen) atoms. The van der Waals surface area contributed by atoms with E-state index in [4.69, 9.17) is 0 Å². The number of unbranched alkanes of at least 4 members (excludes halogenated alkanes) is 3. The summed E-state index contributed by atoms with van der Waals surface area (Å²) in [5.41, 5.74) is 3.26. The Hall–Kier alpha value is -1.08. The molecule has 0 amide bonds. The molecule has 0 saturated carbocycles. The molecule has 5 unspecified atom stereocenters. The molecule has 0 bridgehead atoms. The summed E-state index contributed by atoms with van der Waals surface area (Å²) >= 11 is 0. The standard InChI is InChI=1S/C24H27O.C5H5.Fe/c1-2-3-4-6-11-20-16-18-23(19-17-20)24(25,22-14-9-10-15-22)21-12-7-5-8-13-21;1-2-4-5-3-1;/h5,7-10,12-19,25H,2-4,6,11H2,1H3;1-5H;. The van der Waals surface area contributed by atoms with Gasteiger partial charge in [0, 0.05) is 0 Å². The van der Waals surface area contributed by atoms with Crippen molar-refractivity contribution in [3.63, 3.8) is 0 Å². The Bertz CT molecular complexity index is 1530. The number of hydrogen-bond acceptors (Lipinski definition) is 1. The topological polar surface area (TPSA) is 20.2 Å². The summed E-state index contributed by atoms with van der Waals surface area (Å²) in [6.07, 6.45) is 6.47. The first-order valence-electron chi connectivity index (χ1n) is 13.0. The van der Waals surface area contributed by atoms with Crippen LogP contribution in [0.1, 0.15) is 49.3 Å². The Balaban J connectivity index is 1.06. The van der Waals surface area contributed by atoms with Crippen LogP contribution in [0.3, 0.4) is 0 Å². The van der Waals surface area contributed by atoms with Gasteiger partial charge in [-0.15, -0.1) is 0 Å². The third kappa shape index (κ3) is 0.317. The molecular weight excluding hydrogens is 420 g/mol. The molecule has 2 aromatic rings. The first kappa shape index (κ1) is 14.9. The van der Waals surface area contributed by atoms with E-state index < -0.39 is 12.1 Å². The zero-order chi connectivity index (χ0) is 20.1. The molecule has 1 nitrogen and oxygen atoms in total. The normalized spacial score (nSPS) is 72.6. The SMILES string of the molecule is CCCCCCc1ccc(C(O)(c2ccccc2)[C]23[CH]4[CH]5[CH]6[CH]2[Fe]56432789[CH]3[CH]2[CH]7[CH]8[CH]39)cc1. The van der Waals surface area contributed by atoms with Crippen LogP contribution in [0.2, 0.25) is 47.7 Å². The van der Waals surface area contributed by atoms with E-state index in [1.54, 1.807) is 0 Å². The fraction of sp³-hybridized carbons (Fsp3) is 0.586. The third-order valence-corrected chi connectivity index (χ3v) is 61.6. The Labute approximate surface area is 174 Å². The van der Waals surface area contributed by atoms with Crippen LogP contribution in [0.4, 0.5) is 0 Å². The second-order valence-electron chi connectivity index (χ2n) is 15.3. The van der Waals surface area contributed by atoms with E-state index >= 15 is 0 Å². The molecule has 10 aliphatic rings. The van der Waals surface area contributed by atoms with Gasteiger partial charge in [0.05, 0.1) is 0 Å². The molecule has 2 heteroatoms. The molecular formula is C29H32FeO. The quantitative estimate of drug-likeness (QED) is 0.320. The van der Waals surface area contributed by atoms with Gasteiger partial charge in [0.15, 0.2) is 0 Å². The average molecular weight is 452 g/mol. The second kappa shape index (κ2) is 2.01. The van der Waals surface area contributed by atoms with Crippen LogP contribution in [0, 0.1) is 0 Å². The van der Waals surface area contributed by atoms with Crippen LogP contribution >= 0.6 is 0 Å². The number of aliphatic hydroxyl groups is 1.